The van der Waals surface area contributed by atoms with E-state index in [2.05, 4.69) is 28.8 Å². The minimum absolute atomic E-state index is 0.179. The van der Waals surface area contributed by atoms with Gasteiger partial charge in [-0.15, -0.1) is 0 Å². The van der Waals surface area contributed by atoms with Gasteiger partial charge in [0, 0.05) is 13.6 Å². The molecule has 1 aromatic rings. The molecule has 0 bridgehead atoms. The number of hydrogen-bond donors (Lipinski definition) is 1. The summed E-state index contributed by atoms with van der Waals surface area (Å²) in [7, 11) is 3.43. The molecule has 1 aromatic heterocycles. The van der Waals surface area contributed by atoms with Gasteiger partial charge in [0.25, 0.3) is 0 Å². The van der Waals surface area contributed by atoms with E-state index in [1.807, 2.05) is 11.9 Å². The van der Waals surface area contributed by atoms with Gasteiger partial charge < -0.3 is 15.4 Å². The summed E-state index contributed by atoms with van der Waals surface area (Å²) in [5.74, 6) is 1.37. The van der Waals surface area contributed by atoms with Crippen LogP contribution in [0.2, 0.25) is 0 Å². The van der Waals surface area contributed by atoms with Crippen LogP contribution < -0.4 is 15.4 Å². The predicted octanol–water partition coefficient (Wildman–Crippen LogP) is 0.945. The molecule has 90 valence electrons. The number of rotatable bonds is 5. The quantitative estimate of drug-likeness (QED) is 0.803. The molecule has 2 N–H and O–H groups in total. The first kappa shape index (κ1) is 12.5. The average Bonchev–Trinajstić information content (AvgIpc) is 2.24. The van der Waals surface area contributed by atoms with Gasteiger partial charge in [-0.25, -0.2) is 0 Å². The number of aromatic nitrogens is 3. The van der Waals surface area contributed by atoms with Crippen molar-refractivity contribution in [2.24, 2.45) is 5.92 Å². The lowest BCUT2D eigenvalue weighted by molar-refractivity contribution is 0.379. The van der Waals surface area contributed by atoms with Crippen LogP contribution in [0.1, 0.15) is 20.3 Å². The zero-order valence-electron chi connectivity index (χ0n) is 10.3. The fourth-order valence-electron chi connectivity index (χ4n) is 1.17. The molecule has 0 fully saturated rings. The molecule has 0 aliphatic heterocycles. The van der Waals surface area contributed by atoms with Crippen LogP contribution in [-0.4, -0.2) is 35.7 Å². The van der Waals surface area contributed by atoms with Crippen molar-refractivity contribution in [3.63, 3.8) is 0 Å². The molecule has 16 heavy (non-hydrogen) atoms. The minimum Gasteiger partial charge on any atom is -0.467 e. The van der Waals surface area contributed by atoms with Gasteiger partial charge in [-0.05, 0) is 12.3 Å². The van der Waals surface area contributed by atoms with Crippen LogP contribution in [0.25, 0.3) is 0 Å². The van der Waals surface area contributed by atoms with E-state index >= 15 is 0 Å². The molecule has 0 saturated heterocycles. The van der Waals surface area contributed by atoms with Crippen LogP contribution in [0.5, 0.6) is 6.01 Å². The molecule has 0 spiro atoms. The molecule has 0 unspecified atom stereocenters. The number of nitrogens with zero attached hydrogens (tertiary/aromatic N) is 4. The number of methoxy groups -OCH3 is 1. The van der Waals surface area contributed by atoms with Crippen LogP contribution in [0.15, 0.2) is 0 Å². The zero-order chi connectivity index (χ0) is 12.1. The highest BCUT2D eigenvalue weighted by atomic mass is 16.5. The van der Waals surface area contributed by atoms with E-state index in [1.54, 1.807) is 0 Å². The van der Waals surface area contributed by atoms with Gasteiger partial charge in [-0.1, -0.05) is 13.8 Å². The van der Waals surface area contributed by atoms with Crippen molar-refractivity contribution in [1.29, 1.82) is 0 Å². The minimum atomic E-state index is 0.179. The highest BCUT2D eigenvalue weighted by molar-refractivity contribution is 5.34. The van der Waals surface area contributed by atoms with Crippen LogP contribution >= 0.6 is 0 Å². The molecule has 0 aromatic carbocycles. The summed E-state index contributed by atoms with van der Waals surface area (Å²) in [6.07, 6.45) is 1.07. The first-order chi connectivity index (χ1) is 7.52. The van der Waals surface area contributed by atoms with Gasteiger partial charge in [-0.3, -0.25) is 0 Å². The third-order valence-electron chi connectivity index (χ3n) is 2.19. The van der Waals surface area contributed by atoms with Crippen molar-refractivity contribution in [3.05, 3.63) is 0 Å². The van der Waals surface area contributed by atoms with E-state index in [1.165, 1.54) is 7.11 Å². The van der Waals surface area contributed by atoms with Crippen LogP contribution in [-0.2, 0) is 0 Å². The van der Waals surface area contributed by atoms with Crippen molar-refractivity contribution in [1.82, 2.24) is 15.0 Å². The third kappa shape index (κ3) is 3.52. The number of anilines is 2. The molecule has 6 heteroatoms. The lowest BCUT2D eigenvalue weighted by atomic mass is 10.1. The smallest absolute Gasteiger partial charge is 0.322 e. The summed E-state index contributed by atoms with van der Waals surface area (Å²) >= 11 is 0. The fraction of sp³-hybridized carbons (Fsp3) is 0.700. The van der Waals surface area contributed by atoms with Crippen molar-refractivity contribution in [2.45, 2.75) is 20.3 Å². The lowest BCUT2D eigenvalue weighted by Crippen LogP contribution is -2.23. The maximum absolute atomic E-state index is 5.56. The van der Waals surface area contributed by atoms with Crippen molar-refractivity contribution < 1.29 is 4.74 Å². The maximum atomic E-state index is 5.56. The second kappa shape index (κ2) is 5.48. The molecular weight excluding hydrogens is 206 g/mol. The van der Waals surface area contributed by atoms with Crippen molar-refractivity contribution in [3.8, 4) is 6.01 Å². The van der Waals surface area contributed by atoms with Gasteiger partial charge in [-0.2, -0.15) is 15.0 Å². The number of hydrogen-bond acceptors (Lipinski definition) is 6. The summed E-state index contributed by atoms with van der Waals surface area (Å²) in [5.41, 5.74) is 5.56. The molecule has 0 amide bonds. The summed E-state index contributed by atoms with van der Waals surface area (Å²) in [6, 6.07) is 0.249. The summed E-state index contributed by atoms with van der Waals surface area (Å²) in [4.78, 5) is 14.0. The molecule has 0 aliphatic carbocycles. The van der Waals surface area contributed by atoms with E-state index in [0.717, 1.165) is 13.0 Å². The number of ether oxygens (including phenoxy) is 1. The Balaban J connectivity index is 2.74. The largest absolute Gasteiger partial charge is 0.467 e. The normalized spacial score (nSPS) is 10.6. The Labute approximate surface area is 95.9 Å². The van der Waals surface area contributed by atoms with Gasteiger partial charge in [0.1, 0.15) is 0 Å². The molecule has 0 aliphatic rings. The zero-order valence-corrected chi connectivity index (χ0v) is 10.3. The molecule has 1 heterocycles. The Morgan fingerprint density at radius 3 is 2.56 bits per heavy atom. The molecular formula is C10H19N5O. The summed E-state index contributed by atoms with van der Waals surface area (Å²) in [5, 5.41) is 0. The topological polar surface area (TPSA) is 77.2 Å². The second-order valence-electron chi connectivity index (χ2n) is 4.08. The lowest BCUT2D eigenvalue weighted by Gasteiger charge is -2.18. The second-order valence-corrected chi connectivity index (χ2v) is 4.08. The van der Waals surface area contributed by atoms with Crippen LogP contribution in [0.3, 0.4) is 0 Å². The van der Waals surface area contributed by atoms with Gasteiger partial charge in [0.15, 0.2) is 0 Å². The summed E-state index contributed by atoms with van der Waals surface area (Å²) < 4.78 is 4.94. The standard InChI is InChI=1S/C10H19N5O/c1-7(2)5-6-15(3)9-12-8(11)13-10(14-9)16-4/h7H,5-6H2,1-4H3,(H2,11,12,13,14). The van der Waals surface area contributed by atoms with E-state index in [0.29, 0.717) is 11.9 Å². The van der Waals surface area contributed by atoms with Gasteiger partial charge in [0.2, 0.25) is 11.9 Å². The van der Waals surface area contributed by atoms with Crippen molar-refractivity contribution in [2.75, 3.05) is 31.3 Å². The molecule has 6 nitrogen and oxygen atoms in total. The Morgan fingerprint density at radius 2 is 2.00 bits per heavy atom. The number of nitrogens with two attached hydrogens (primary N) is 1. The monoisotopic (exact) mass is 225 g/mol. The fourth-order valence-corrected chi connectivity index (χ4v) is 1.17. The highest BCUT2D eigenvalue weighted by Gasteiger charge is 2.09. The van der Waals surface area contributed by atoms with Crippen molar-refractivity contribution >= 4 is 11.9 Å². The highest BCUT2D eigenvalue weighted by Crippen LogP contribution is 2.12. The van der Waals surface area contributed by atoms with E-state index in [-0.39, 0.29) is 12.0 Å². The Hall–Kier alpha value is -1.59. The van der Waals surface area contributed by atoms with Crippen LogP contribution in [0.4, 0.5) is 11.9 Å². The molecule has 1 rings (SSSR count). The molecule has 0 atom stereocenters. The Morgan fingerprint density at radius 1 is 1.31 bits per heavy atom. The van der Waals surface area contributed by atoms with Crippen LogP contribution in [0, 0.1) is 5.92 Å². The first-order valence-corrected chi connectivity index (χ1v) is 5.29. The summed E-state index contributed by atoms with van der Waals surface area (Å²) in [6.45, 7) is 5.23. The van der Waals surface area contributed by atoms with E-state index in [4.69, 9.17) is 10.5 Å². The molecule has 0 radical (unpaired) electrons. The molecule has 0 saturated carbocycles. The van der Waals surface area contributed by atoms with Gasteiger partial charge in [0.05, 0.1) is 7.11 Å². The van der Waals surface area contributed by atoms with Gasteiger partial charge >= 0.3 is 6.01 Å². The number of nitrogen functional groups attached to an aromatic ring is 1. The Kier molecular flexibility index (Phi) is 4.28. The maximum Gasteiger partial charge on any atom is 0.322 e. The third-order valence-corrected chi connectivity index (χ3v) is 2.19. The average molecular weight is 225 g/mol. The predicted molar refractivity (Wildman–Crippen MR) is 63.5 cm³/mol. The first-order valence-electron chi connectivity index (χ1n) is 5.29. The van der Waals surface area contributed by atoms with E-state index in [9.17, 15) is 0 Å². The SMILES string of the molecule is COc1nc(N)nc(N(C)CCC(C)C)n1. The van der Waals surface area contributed by atoms with E-state index < -0.39 is 0 Å². The Bertz CT molecular complexity index is 342.